The molecule has 2 saturated heterocycles. The van der Waals surface area contributed by atoms with E-state index >= 15 is 9.59 Å². The van der Waals surface area contributed by atoms with Crippen LogP contribution in [0.2, 0.25) is 0 Å². The molecule has 394 valence electrons. The number of nitrogens with one attached hydrogen (secondary N) is 1. The lowest BCUT2D eigenvalue weighted by atomic mass is 9.44. The first-order valence-corrected chi connectivity index (χ1v) is 24.1. The smallest absolute Gasteiger partial charge is 0.408 e. The number of carbonyl (C=O) groups is 9. The second-order valence-corrected chi connectivity index (χ2v) is 20.9. The van der Waals surface area contributed by atoms with Gasteiger partial charge in [-0.1, -0.05) is 62.4 Å². The Morgan fingerprint density at radius 3 is 2.05 bits per heavy atom. The van der Waals surface area contributed by atoms with Gasteiger partial charge in [0.25, 0.3) is 11.8 Å². The molecular formula is C52H62N2O19. The number of imide groups is 1. The van der Waals surface area contributed by atoms with Crippen LogP contribution in [0.15, 0.2) is 71.8 Å². The molecule has 0 aromatic heterocycles. The van der Waals surface area contributed by atoms with Crippen LogP contribution in [-0.2, 0) is 66.8 Å². The van der Waals surface area contributed by atoms with Gasteiger partial charge in [0.1, 0.15) is 41.7 Å². The molecule has 21 nitrogen and oxygen atoms in total. The standard InChI is InChI=1S/C52H62N2O19/c1-27-31(68-46(64)41(39(29-16-11-9-12-17-29)53-47(65)72-48(3,4)5)69-36(59)20-15-21-37(60)73-54-34(57)22-23-35(54)58)25-52(66)44(70-45(63)30-18-13-10-14-19-30)42-50(8,43(62)40(61)38(27)49(52,6)7)32(56)24-33-51(42,26-67-33)71-28(2)55/h9-14,16-19,31-33,39-42,44,56,61,66H,15,20-26H2,1-8H3,(H,53,65)/t31-,32+,33-,39-,40-,41+,42-,44-,50-,51?,52-/m1/s1. The largest absolute Gasteiger partial charge is 0.455 e. The zero-order valence-corrected chi connectivity index (χ0v) is 41.9. The molecule has 2 heterocycles. The highest BCUT2D eigenvalue weighted by Gasteiger charge is 2.78. The fraction of sp³-hybridized carbons (Fsp3) is 0.558. The molecular weight excluding hydrogens is 957 g/mol. The van der Waals surface area contributed by atoms with Gasteiger partial charge < -0.3 is 53.9 Å². The van der Waals surface area contributed by atoms with Crippen molar-refractivity contribution in [3.8, 4) is 0 Å². The van der Waals surface area contributed by atoms with Gasteiger partial charge in [-0.05, 0) is 69.9 Å². The number of ketones is 1. The highest BCUT2D eigenvalue weighted by atomic mass is 16.7. The third-order valence-electron chi connectivity index (χ3n) is 14.8. The summed E-state index contributed by atoms with van der Waals surface area (Å²) in [6, 6.07) is 14.0. The molecule has 3 amide bonds. The number of nitrogens with zero attached hydrogens (tertiary/aromatic N) is 1. The Bertz CT molecular complexity index is 2560. The van der Waals surface area contributed by atoms with Gasteiger partial charge in [-0.2, -0.15) is 0 Å². The van der Waals surface area contributed by atoms with Crippen LogP contribution in [0.25, 0.3) is 0 Å². The Morgan fingerprint density at radius 2 is 1.48 bits per heavy atom. The minimum absolute atomic E-state index is 0.0202. The number of alkyl carbamates (subject to hydrolysis) is 1. The van der Waals surface area contributed by atoms with E-state index in [4.69, 9.17) is 33.3 Å². The molecule has 4 fully saturated rings. The average Bonchev–Trinajstić information content (AvgIpc) is 3.63. The minimum atomic E-state index is -2.49. The van der Waals surface area contributed by atoms with Crippen LogP contribution in [0.4, 0.5) is 4.79 Å². The summed E-state index contributed by atoms with van der Waals surface area (Å²) in [6.07, 6.45) is -13.9. The highest BCUT2D eigenvalue weighted by molar-refractivity contribution is 6.01. The van der Waals surface area contributed by atoms with Gasteiger partial charge in [0.15, 0.2) is 11.4 Å². The summed E-state index contributed by atoms with van der Waals surface area (Å²) in [5.41, 5.74) is -9.10. The van der Waals surface area contributed by atoms with Crippen molar-refractivity contribution in [1.29, 1.82) is 0 Å². The number of hydroxylamine groups is 2. The van der Waals surface area contributed by atoms with Crippen molar-refractivity contribution in [3.63, 3.8) is 0 Å². The Balaban J connectivity index is 1.30. The van der Waals surface area contributed by atoms with Crippen LogP contribution in [0.5, 0.6) is 0 Å². The second-order valence-electron chi connectivity index (χ2n) is 20.9. The fourth-order valence-electron chi connectivity index (χ4n) is 11.0. The minimum Gasteiger partial charge on any atom is -0.455 e. The average molecular weight is 1020 g/mol. The van der Waals surface area contributed by atoms with Crippen LogP contribution < -0.4 is 5.32 Å². The first kappa shape index (κ1) is 54.2. The van der Waals surface area contributed by atoms with E-state index in [2.05, 4.69) is 5.32 Å². The molecule has 1 unspecified atom stereocenters. The van der Waals surface area contributed by atoms with E-state index in [1.165, 1.54) is 52.0 Å². The van der Waals surface area contributed by atoms with E-state index < -0.39 is 149 Å². The number of rotatable bonds is 14. The van der Waals surface area contributed by atoms with Gasteiger partial charge in [-0.15, -0.1) is 5.06 Å². The first-order valence-electron chi connectivity index (χ1n) is 24.1. The highest BCUT2D eigenvalue weighted by Crippen LogP contribution is 2.64. The number of fused-ring (bicyclic) bond motifs is 5. The van der Waals surface area contributed by atoms with Gasteiger partial charge in [0.2, 0.25) is 6.10 Å². The maximum Gasteiger partial charge on any atom is 0.408 e. The lowest BCUT2D eigenvalue weighted by Gasteiger charge is -2.67. The number of aliphatic hydroxyl groups is 3. The SMILES string of the molecule is CC(=O)OC12CO[C@@H]1C[C@H](O)[C@@]1(C)C(=O)[C@H](O)C3=C(C)[C@H](OC(=O)[C@@H](OC(=O)CCCC(=O)ON4C(=O)CCC4=O)[C@H](NC(=O)OC(C)(C)C)c4ccccc4)C[C@@](O)([C@H](OC(=O)c4ccccc4)[C@@H]21)C3(C)C. The Labute approximate surface area is 420 Å². The first-order chi connectivity index (χ1) is 34.2. The van der Waals surface area contributed by atoms with Gasteiger partial charge in [0, 0.05) is 50.9 Å². The van der Waals surface area contributed by atoms with Crippen LogP contribution in [0.3, 0.4) is 0 Å². The number of carbonyl (C=O) groups excluding carboxylic acids is 9. The van der Waals surface area contributed by atoms with E-state index in [1.54, 1.807) is 57.2 Å². The Kier molecular flexibility index (Phi) is 15.2. The fourth-order valence-corrected chi connectivity index (χ4v) is 11.0. The molecule has 4 N–H and O–H groups in total. The van der Waals surface area contributed by atoms with Crippen molar-refractivity contribution < 1.29 is 91.7 Å². The molecule has 11 atom stereocenters. The zero-order valence-electron chi connectivity index (χ0n) is 41.9. The number of amides is 3. The molecule has 21 heteroatoms. The molecule has 2 aromatic carbocycles. The Hall–Kier alpha value is -6.55. The summed E-state index contributed by atoms with van der Waals surface area (Å²) in [4.78, 5) is 127. The molecule has 3 aliphatic carbocycles. The monoisotopic (exact) mass is 1020 g/mol. The van der Waals surface area contributed by atoms with Gasteiger partial charge in [-0.3, -0.25) is 24.0 Å². The molecule has 7 rings (SSSR count). The van der Waals surface area contributed by atoms with Crippen LogP contribution >= 0.6 is 0 Å². The van der Waals surface area contributed by atoms with Crippen molar-refractivity contribution in [2.75, 3.05) is 6.61 Å². The Morgan fingerprint density at radius 1 is 0.877 bits per heavy atom. The summed E-state index contributed by atoms with van der Waals surface area (Å²) in [5, 5.41) is 41.1. The van der Waals surface area contributed by atoms with Gasteiger partial charge >= 0.3 is 35.9 Å². The summed E-state index contributed by atoms with van der Waals surface area (Å²) < 4.78 is 35.9. The molecule has 2 saturated carbocycles. The van der Waals surface area contributed by atoms with E-state index in [0.717, 1.165) is 6.92 Å². The summed E-state index contributed by atoms with van der Waals surface area (Å²) >= 11 is 0. The topological polar surface area (TPSA) is 294 Å². The third kappa shape index (κ3) is 10.2. The van der Waals surface area contributed by atoms with Crippen LogP contribution in [0.1, 0.15) is 122 Å². The van der Waals surface area contributed by atoms with Crippen LogP contribution in [0, 0.1) is 16.7 Å². The maximum absolute atomic E-state index is 15.2. The lowest BCUT2D eigenvalue weighted by Crippen LogP contribution is -2.81. The summed E-state index contributed by atoms with van der Waals surface area (Å²) in [6.45, 7) is 11.3. The molecule has 73 heavy (non-hydrogen) atoms. The van der Waals surface area contributed by atoms with Crippen molar-refractivity contribution in [3.05, 3.63) is 82.9 Å². The molecule has 5 aliphatic rings. The predicted molar refractivity (Wildman–Crippen MR) is 249 cm³/mol. The number of hydrogen-bond donors (Lipinski definition) is 4. The number of esters is 4. The normalized spacial score (nSPS) is 30.2. The maximum atomic E-state index is 15.2. The quantitative estimate of drug-likeness (QED) is 0.0910. The molecule has 0 radical (unpaired) electrons. The zero-order chi connectivity index (χ0) is 53.6. The number of aliphatic hydroxyl groups excluding tert-OH is 2. The van der Waals surface area contributed by atoms with Crippen molar-refractivity contribution in [2.24, 2.45) is 16.7 Å². The van der Waals surface area contributed by atoms with E-state index in [0.29, 0.717) is 5.06 Å². The number of ether oxygens (including phenoxy) is 6. The van der Waals surface area contributed by atoms with Crippen LogP contribution in [-0.4, -0.2) is 134 Å². The van der Waals surface area contributed by atoms with E-state index in [1.807, 2.05) is 0 Å². The number of benzene rings is 2. The second kappa shape index (κ2) is 20.4. The van der Waals surface area contributed by atoms with E-state index in [9.17, 15) is 48.9 Å². The van der Waals surface area contributed by atoms with Crippen molar-refractivity contribution >= 4 is 53.5 Å². The van der Waals surface area contributed by atoms with Gasteiger partial charge in [-0.25, -0.2) is 19.2 Å². The molecule has 2 aromatic rings. The van der Waals surface area contributed by atoms with Crippen molar-refractivity contribution in [1.82, 2.24) is 10.4 Å². The summed E-state index contributed by atoms with van der Waals surface area (Å²) in [5.74, 6) is -9.25. The molecule has 2 bridgehead atoms. The lowest BCUT2D eigenvalue weighted by molar-refractivity contribution is -0.346. The molecule has 0 spiro atoms. The summed E-state index contributed by atoms with van der Waals surface area (Å²) in [7, 11) is 0. The predicted octanol–water partition coefficient (Wildman–Crippen LogP) is 3.59. The van der Waals surface area contributed by atoms with E-state index in [-0.39, 0.29) is 54.6 Å². The number of Topliss-reactive ketones (excluding diaryl/α,β-unsaturated/α-hetero) is 1. The van der Waals surface area contributed by atoms with Crippen molar-refractivity contribution in [2.45, 2.75) is 160 Å². The van der Waals surface area contributed by atoms with Gasteiger partial charge in [0.05, 0.1) is 29.6 Å². The molecule has 2 aliphatic heterocycles. The third-order valence-corrected chi connectivity index (χ3v) is 14.8. The number of hydrogen-bond acceptors (Lipinski definition) is 19.